The molecular weight excluding hydrogens is 471 g/mol. The second-order valence-corrected chi connectivity index (χ2v) is 9.27. The Hall–Kier alpha value is -3.60. The van der Waals surface area contributed by atoms with Crippen LogP contribution in [0.2, 0.25) is 0 Å². The summed E-state index contributed by atoms with van der Waals surface area (Å²) in [6.45, 7) is 1.76. The van der Waals surface area contributed by atoms with Crippen molar-refractivity contribution >= 4 is 27.3 Å². The van der Waals surface area contributed by atoms with E-state index in [-0.39, 0.29) is 35.2 Å². The first-order valence-corrected chi connectivity index (χ1v) is 11.8. The van der Waals surface area contributed by atoms with Gasteiger partial charge in [0.25, 0.3) is 15.9 Å². The molecule has 0 saturated heterocycles. The van der Waals surface area contributed by atoms with E-state index in [2.05, 4.69) is 10.3 Å². The van der Waals surface area contributed by atoms with E-state index in [4.69, 9.17) is 4.74 Å². The molecule has 1 N–H and O–H groups in total. The zero-order valence-corrected chi connectivity index (χ0v) is 18.8. The van der Waals surface area contributed by atoms with E-state index >= 15 is 0 Å². The van der Waals surface area contributed by atoms with Crippen molar-refractivity contribution < 1.29 is 31.1 Å². The fraction of sp³-hybridized carbons (Fsp3) is 0.217. The van der Waals surface area contributed by atoms with Gasteiger partial charge in [-0.15, -0.1) is 0 Å². The van der Waals surface area contributed by atoms with Gasteiger partial charge < -0.3 is 10.1 Å². The van der Waals surface area contributed by atoms with Crippen molar-refractivity contribution in [3.8, 4) is 5.75 Å². The van der Waals surface area contributed by atoms with Crippen molar-refractivity contribution in [1.29, 1.82) is 0 Å². The van der Waals surface area contributed by atoms with Crippen molar-refractivity contribution in [2.75, 3.05) is 22.8 Å². The van der Waals surface area contributed by atoms with Gasteiger partial charge in [-0.05, 0) is 61.0 Å². The molecule has 1 aromatic heterocycles. The molecule has 2 heterocycles. The molecule has 2 aromatic carbocycles. The van der Waals surface area contributed by atoms with Crippen LogP contribution in [0.1, 0.15) is 28.5 Å². The second-order valence-electron chi connectivity index (χ2n) is 7.44. The lowest BCUT2D eigenvalue weighted by Crippen LogP contribution is -2.32. The van der Waals surface area contributed by atoms with E-state index < -0.39 is 27.7 Å². The summed E-state index contributed by atoms with van der Waals surface area (Å²) in [6, 6.07) is 11.3. The highest BCUT2D eigenvalue weighted by Gasteiger charge is 2.34. The Morgan fingerprint density at radius 3 is 2.56 bits per heavy atom. The van der Waals surface area contributed by atoms with Crippen LogP contribution >= 0.6 is 0 Å². The van der Waals surface area contributed by atoms with Crippen LogP contribution in [0.15, 0.2) is 65.7 Å². The smallest absolute Gasteiger partial charge is 0.416 e. The van der Waals surface area contributed by atoms with E-state index in [0.717, 1.165) is 28.6 Å². The molecule has 0 atom stereocenters. The number of benzene rings is 2. The summed E-state index contributed by atoms with van der Waals surface area (Å²) < 4.78 is 72.1. The first-order valence-electron chi connectivity index (χ1n) is 10.3. The van der Waals surface area contributed by atoms with Crippen LogP contribution in [-0.4, -0.2) is 32.5 Å². The Balaban J connectivity index is 1.66. The molecule has 0 bridgehead atoms. The first-order chi connectivity index (χ1) is 16.1. The van der Waals surface area contributed by atoms with Gasteiger partial charge in [0, 0.05) is 11.9 Å². The summed E-state index contributed by atoms with van der Waals surface area (Å²) in [5, 5.41) is 2.68. The Morgan fingerprint density at radius 1 is 1.15 bits per heavy atom. The molecule has 0 unspecified atom stereocenters. The number of fused-ring (bicyclic) bond motifs is 1. The van der Waals surface area contributed by atoms with Gasteiger partial charge in [-0.3, -0.25) is 14.1 Å². The van der Waals surface area contributed by atoms with Crippen LogP contribution in [0.3, 0.4) is 0 Å². The third-order valence-corrected chi connectivity index (χ3v) is 7.12. The van der Waals surface area contributed by atoms with Gasteiger partial charge in [0.05, 0.1) is 29.1 Å². The third-order valence-electron chi connectivity index (χ3n) is 5.27. The SMILES string of the molecule is CCc1ncccc1C(=O)Nc1ccc2c(c1)S(=O)(=O)N(c1ccc(C(F)(F)F)cc1)CCO2. The molecule has 1 amide bonds. The molecule has 178 valence electrons. The number of nitrogens with one attached hydrogen (secondary N) is 1. The number of nitrogens with zero attached hydrogens (tertiary/aromatic N) is 2. The third kappa shape index (κ3) is 4.56. The van der Waals surface area contributed by atoms with Gasteiger partial charge in [0.15, 0.2) is 0 Å². The molecule has 1 aliphatic heterocycles. The van der Waals surface area contributed by atoms with Gasteiger partial charge in [-0.1, -0.05) is 6.92 Å². The topological polar surface area (TPSA) is 88.6 Å². The van der Waals surface area contributed by atoms with Gasteiger partial charge >= 0.3 is 6.18 Å². The number of aryl methyl sites for hydroxylation is 1. The molecule has 0 fully saturated rings. The van der Waals surface area contributed by atoms with Gasteiger partial charge in [-0.25, -0.2) is 8.42 Å². The zero-order chi connectivity index (χ0) is 24.5. The molecule has 4 rings (SSSR count). The minimum atomic E-state index is -4.54. The highest BCUT2D eigenvalue weighted by atomic mass is 32.2. The summed E-state index contributed by atoms with van der Waals surface area (Å²) in [4.78, 5) is 16.7. The number of carbonyl (C=O) groups excluding carboxylic acids is 1. The number of carbonyl (C=O) groups is 1. The van der Waals surface area contributed by atoms with Crippen LogP contribution in [0, 0.1) is 0 Å². The molecule has 0 radical (unpaired) electrons. The number of anilines is 2. The van der Waals surface area contributed by atoms with E-state index in [1.54, 1.807) is 18.3 Å². The Labute approximate surface area is 194 Å². The summed E-state index contributed by atoms with van der Waals surface area (Å²) in [6.07, 6.45) is -2.42. The number of rotatable bonds is 4. The lowest BCUT2D eigenvalue weighted by atomic mass is 10.1. The number of amides is 1. The number of alkyl halides is 3. The molecule has 0 saturated carbocycles. The molecule has 3 aromatic rings. The summed E-state index contributed by atoms with van der Waals surface area (Å²) >= 11 is 0. The first kappa shape index (κ1) is 23.6. The van der Waals surface area contributed by atoms with Crippen LogP contribution in [0.5, 0.6) is 5.75 Å². The fourth-order valence-electron chi connectivity index (χ4n) is 3.59. The number of aromatic nitrogens is 1. The number of halogens is 3. The number of ether oxygens (including phenoxy) is 1. The van der Waals surface area contributed by atoms with Crippen LogP contribution in [0.25, 0.3) is 0 Å². The van der Waals surface area contributed by atoms with E-state index in [0.29, 0.717) is 17.7 Å². The average Bonchev–Trinajstić information content (AvgIpc) is 2.94. The molecule has 0 spiro atoms. The normalized spacial score (nSPS) is 15.1. The fourth-order valence-corrected chi connectivity index (χ4v) is 5.20. The minimum absolute atomic E-state index is 0.00545. The number of hydrogen-bond donors (Lipinski definition) is 1. The second kappa shape index (κ2) is 8.98. The molecule has 7 nitrogen and oxygen atoms in total. The highest BCUT2D eigenvalue weighted by molar-refractivity contribution is 7.93. The maximum absolute atomic E-state index is 13.4. The highest BCUT2D eigenvalue weighted by Crippen LogP contribution is 2.36. The maximum atomic E-state index is 13.4. The Morgan fingerprint density at radius 2 is 1.88 bits per heavy atom. The molecule has 11 heteroatoms. The van der Waals surface area contributed by atoms with Crippen molar-refractivity contribution in [3.05, 3.63) is 77.6 Å². The van der Waals surface area contributed by atoms with Crippen molar-refractivity contribution in [1.82, 2.24) is 4.98 Å². The predicted molar refractivity (Wildman–Crippen MR) is 119 cm³/mol. The maximum Gasteiger partial charge on any atom is 0.416 e. The lowest BCUT2D eigenvalue weighted by Gasteiger charge is -2.22. The summed E-state index contributed by atoms with van der Waals surface area (Å²) in [5.74, 6) is -0.362. The Kier molecular flexibility index (Phi) is 6.22. The zero-order valence-electron chi connectivity index (χ0n) is 18.0. The summed E-state index contributed by atoms with van der Waals surface area (Å²) in [7, 11) is -4.19. The predicted octanol–water partition coefficient (Wildman–Crippen LogP) is 4.50. The average molecular weight is 491 g/mol. The number of hydrogen-bond acceptors (Lipinski definition) is 5. The molecule has 1 aliphatic rings. The van der Waals surface area contributed by atoms with Gasteiger partial charge in [0.2, 0.25) is 0 Å². The summed E-state index contributed by atoms with van der Waals surface area (Å²) in [5.41, 5.74) is 0.370. The van der Waals surface area contributed by atoms with E-state index in [1.165, 1.54) is 18.2 Å². The Bertz CT molecular complexity index is 1330. The largest absolute Gasteiger partial charge is 0.490 e. The standard InChI is InChI=1S/C23H20F3N3O4S/c1-2-19-18(4-3-11-27-19)22(30)28-16-7-10-20-21(14-16)34(31,32)29(12-13-33-20)17-8-5-15(6-9-17)23(24,25)26/h3-11,14H,2,12-13H2,1H3,(H,28,30). The van der Waals surface area contributed by atoms with E-state index in [9.17, 15) is 26.4 Å². The van der Waals surface area contributed by atoms with Crippen LogP contribution < -0.4 is 14.4 Å². The molecule has 34 heavy (non-hydrogen) atoms. The van der Waals surface area contributed by atoms with Crippen LogP contribution in [-0.2, 0) is 22.6 Å². The minimum Gasteiger partial charge on any atom is -0.490 e. The number of sulfonamides is 1. The number of pyridine rings is 1. The van der Waals surface area contributed by atoms with Gasteiger partial charge in [0.1, 0.15) is 17.3 Å². The van der Waals surface area contributed by atoms with E-state index in [1.807, 2.05) is 6.92 Å². The molecule has 0 aliphatic carbocycles. The quantitative estimate of drug-likeness (QED) is 0.581. The lowest BCUT2D eigenvalue weighted by molar-refractivity contribution is -0.137. The van der Waals surface area contributed by atoms with Crippen molar-refractivity contribution in [2.45, 2.75) is 24.4 Å². The van der Waals surface area contributed by atoms with Gasteiger partial charge in [-0.2, -0.15) is 13.2 Å². The van der Waals surface area contributed by atoms with Crippen molar-refractivity contribution in [2.24, 2.45) is 0 Å². The molecular formula is C23H20F3N3O4S. The monoisotopic (exact) mass is 491 g/mol. The van der Waals surface area contributed by atoms with Crippen LogP contribution in [0.4, 0.5) is 24.5 Å². The van der Waals surface area contributed by atoms with Crippen molar-refractivity contribution in [3.63, 3.8) is 0 Å².